The molecule has 4 fully saturated rings. The van der Waals surface area contributed by atoms with Gasteiger partial charge in [-0.05, 0) is 62.3 Å². The molecule has 0 atom stereocenters. The predicted octanol–water partition coefficient (Wildman–Crippen LogP) is 4.36. The highest BCUT2D eigenvalue weighted by molar-refractivity contribution is 8.01. The normalized spacial score (nSPS) is 32.6. The van der Waals surface area contributed by atoms with Gasteiger partial charge in [0.2, 0.25) is 5.91 Å². The molecular weight excluding hydrogens is 330 g/mol. The summed E-state index contributed by atoms with van der Waals surface area (Å²) in [6, 6.07) is 7.96. The van der Waals surface area contributed by atoms with E-state index in [-0.39, 0.29) is 5.91 Å². The Labute approximate surface area is 155 Å². The Hall–Kier alpha value is -1.16. The first kappa shape index (κ1) is 17.3. The molecule has 0 radical (unpaired) electrons. The van der Waals surface area contributed by atoms with Crippen molar-refractivity contribution >= 4 is 17.7 Å². The third kappa shape index (κ3) is 3.55. The molecule has 1 aromatic rings. The van der Waals surface area contributed by atoms with Crippen molar-refractivity contribution in [3.63, 3.8) is 0 Å². The van der Waals surface area contributed by atoms with Gasteiger partial charge in [0.25, 0.3) is 0 Å². The van der Waals surface area contributed by atoms with Crippen LogP contribution in [0.5, 0.6) is 5.75 Å². The van der Waals surface area contributed by atoms with Crippen molar-refractivity contribution in [3.05, 3.63) is 29.8 Å². The maximum absolute atomic E-state index is 12.7. The topological polar surface area (TPSA) is 29.5 Å². The number of methoxy groups -OCH3 is 1. The molecule has 136 valence electrons. The smallest absolute Gasteiger partial charge is 0.232 e. The van der Waals surface area contributed by atoms with Crippen molar-refractivity contribution in [2.75, 3.05) is 19.9 Å². The Morgan fingerprint density at radius 1 is 1.16 bits per heavy atom. The van der Waals surface area contributed by atoms with Crippen LogP contribution >= 0.6 is 11.8 Å². The SMILES string of the molecule is COc1ccccc1CN(C)C(=O)CSC12CC3CC(CC(C3)C1)C2. The molecule has 4 saturated carbocycles. The number of amides is 1. The van der Waals surface area contributed by atoms with E-state index in [0.717, 1.165) is 29.1 Å². The van der Waals surface area contributed by atoms with Gasteiger partial charge in [0.15, 0.2) is 0 Å². The van der Waals surface area contributed by atoms with E-state index in [9.17, 15) is 4.79 Å². The van der Waals surface area contributed by atoms with Crippen molar-refractivity contribution in [1.82, 2.24) is 4.90 Å². The maximum atomic E-state index is 12.7. The number of ether oxygens (including phenoxy) is 1. The molecule has 0 aromatic heterocycles. The van der Waals surface area contributed by atoms with Crippen molar-refractivity contribution in [1.29, 1.82) is 0 Å². The molecule has 3 nitrogen and oxygen atoms in total. The predicted molar refractivity (Wildman–Crippen MR) is 103 cm³/mol. The summed E-state index contributed by atoms with van der Waals surface area (Å²) in [5.74, 6) is 4.56. The standard InChI is InChI=1S/C21H29NO2S/c1-22(13-18-5-3-4-6-19(18)24-2)20(23)14-25-21-10-15-7-16(11-21)9-17(8-15)12-21/h3-6,15-17H,7-14H2,1-2H3. The highest BCUT2D eigenvalue weighted by Gasteiger charge is 2.51. The van der Waals surface area contributed by atoms with Crippen LogP contribution in [0.15, 0.2) is 24.3 Å². The first-order chi connectivity index (χ1) is 12.1. The van der Waals surface area contributed by atoms with Crippen LogP contribution in [0.1, 0.15) is 44.1 Å². The first-order valence-electron chi connectivity index (χ1n) is 9.57. The summed E-state index contributed by atoms with van der Waals surface area (Å²) >= 11 is 1.97. The van der Waals surface area contributed by atoms with Crippen LogP contribution in [0.25, 0.3) is 0 Å². The quantitative estimate of drug-likeness (QED) is 0.756. The summed E-state index contributed by atoms with van der Waals surface area (Å²) in [4.78, 5) is 14.6. The molecule has 4 heteroatoms. The van der Waals surface area contributed by atoms with Gasteiger partial charge in [-0.2, -0.15) is 0 Å². The van der Waals surface area contributed by atoms with E-state index in [0.29, 0.717) is 17.0 Å². The first-order valence-corrected chi connectivity index (χ1v) is 10.6. The van der Waals surface area contributed by atoms with Gasteiger partial charge in [0.05, 0.1) is 12.9 Å². The fourth-order valence-electron chi connectivity index (χ4n) is 5.71. The van der Waals surface area contributed by atoms with Crippen LogP contribution in [0.4, 0.5) is 0 Å². The van der Waals surface area contributed by atoms with E-state index < -0.39 is 0 Å². The van der Waals surface area contributed by atoms with E-state index in [2.05, 4.69) is 0 Å². The minimum absolute atomic E-state index is 0.242. The zero-order valence-electron chi connectivity index (χ0n) is 15.4. The van der Waals surface area contributed by atoms with Gasteiger partial charge in [-0.15, -0.1) is 11.8 Å². The van der Waals surface area contributed by atoms with Crippen molar-refractivity contribution < 1.29 is 9.53 Å². The number of rotatable bonds is 6. The number of hydrogen-bond acceptors (Lipinski definition) is 3. The van der Waals surface area contributed by atoms with E-state index in [4.69, 9.17) is 4.74 Å². The lowest BCUT2D eigenvalue weighted by Crippen LogP contribution is -2.49. The molecule has 0 spiro atoms. The van der Waals surface area contributed by atoms with Gasteiger partial charge < -0.3 is 9.64 Å². The number of carbonyl (C=O) groups excluding carboxylic acids is 1. The molecule has 0 N–H and O–H groups in total. The van der Waals surface area contributed by atoms with Gasteiger partial charge in [0.1, 0.15) is 5.75 Å². The largest absolute Gasteiger partial charge is 0.496 e. The fraction of sp³-hybridized carbons (Fsp3) is 0.667. The number of thioether (sulfide) groups is 1. The van der Waals surface area contributed by atoms with Crippen molar-refractivity contribution in [2.45, 2.75) is 49.8 Å². The summed E-state index contributed by atoms with van der Waals surface area (Å²) in [6.07, 6.45) is 8.44. The van der Waals surface area contributed by atoms with Gasteiger partial charge in [-0.25, -0.2) is 0 Å². The number of carbonyl (C=O) groups is 1. The summed E-state index contributed by atoms with van der Waals surface area (Å²) < 4.78 is 5.82. The van der Waals surface area contributed by atoms with E-state index >= 15 is 0 Å². The maximum Gasteiger partial charge on any atom is 0.232 e. The van der Waals surface area contributed by atoms with Crippen LogP contribution in [0, 0.1) is 17.8 Å². The molecular formula is C21H29NO2S. The highest BCUT2D eigenvalue weighted by atomic mass is 32.2. The number of benzene rings is 1. The zero-order valence-corrected chi connectivity index (χ0v) is 16.2. The second-order valence-electron chi connectivity index (χ2n) is 8.45. The molecule has 4 aliphatic rings. The average Bonchev–Trinajstić information content (AvgIpc) is 2.59. The molecule has 0 aliphatic heterocycles. The lowest BCUT2D eigenvalue weighted by Gasteiger charge is -2.56. The second kappa shape index (κ2) is 6.86. The Kier molecular flexibility index (Phi) is 4.74. The Balaban J connectivity index is 1.34. The molecule has 0 heterocycles. The lowest BCUT2D eigenvalue weighted by atomic mass is 9.56. The summed E-state index contributed by atoms with van der Waals surface area (Å²) in [5.41, 5.74) is 1.07. The molecule has 4 bridgehead atoms. The molecule has 0 saturated heterocycles. The van der Waals surface area contributed by atoms with Gasteiger partial charge in [-0.1, -0.05) is 18.2 Å². The number of para-hydroxylation sites is 1. The molecule has 25 heavy (non-hydrogen) atoms. The Morgan fingerprint density at radius 3 is 2.36 bits per heavy atom. The van der Waals surface area contributed by atoms with Crippen LogP contribution in [0.3, 0.4) is 0 Å². The Bertz CT molecular complexity index is 609. The van der Waals surface area contributed by atoms with E-state index in [1.54, 1.807) is 7.11 Å². The van der Waals surface area contributed by atoms with Gasteiger partial charge in [-0.3, -0.25) is 4.79 Å². The van der Waals surface area contributed by atoms with Gasteiger partial charge >= 0.3 is 0 Å². The molecule has 4 aliphatic carbocycles. The van der Waals surface area contributed by atoms with Crippen LogP contribution in [0.2, 0.25) is 0 Å². The minimum Gasteiger partial charge on any atom is -0.496 e. The number of nitrogens with zero attached hydrogens (tertiary/aromatic N) is 1. The highest BCUT2D eigenvalue weighted by Crippen LogP contribution is 2.60. The van der Waals surface area contributed by atoms with Crippen molar-refractivity contribution in [2.24, 2.45) is 17.8 Å². The van der Waals surface area contributed by atoms with Crippen LogP contribution in [-0.2, 0) is 11.3 Å². The third-order valence-corrected chi connectivity index (χ3v) is 8.01. The summed E-state index contributed by atoms with van der Waals surface area (Å²) in [7, 11) is 3.60. The number of hydrogen-bond donors (Lipinski definition) is 0. The monoisotopic (exact) mass is 359 g/mol. The molecule has 5 rings (SSSR count). The average molecular weight is 360 g/mol. The minimum atomic E-state index is 0.242. The van der Waals surface area contributed by atoms with E-state index in [1.807, 2.05) is 48.0 Å². The molecule has 0 unspecified atom stereocenters. The second-order valence-corrected chi connectivity index (χ2v) is 9.89. The van der Waals surface area contributed by atoms with Gasteiger partial charge in [0, 0.05) is 23.9 Å². The summed E-state index contributed by atoms with van der Waals surface area (Å²) in [5, 5.41) is 0. The third-order valence-electron chi connectivity index (χ3n) is 6.51. The van der Waals surface area contributed by atoms with E-state index in [1.165, 1.54) is 38.5 Å². The lowest BCUT2D eigenvalue weighted by molar-refractivity contribution is -0.127. The van der Waals surface area contributed by atoms with Crippen LogP contribution in [-0.4, -0.2) is 35.5 Å². The molecule has 1 aromatic carbocycles. The summed E-state index contributed by atoms with van der Waals surface area (Å²) in [6.45, 7) is 0.615. The van der Waals surface area contributed by atoms with Crippen LogP contribution < -0.4 is 4.74 Å². The molecule has 1 amide bonds. The fourth-order valence-corrected chi connectivity index (χ4v) is 7.42. The zero-order chi connectivity index (χ0) is 17.4. The van der Waals surface area contributed by atoms with Crippen molar-refractivity contribution in [3.8, 4) is 5.75 Å². The Morgan fingerprint density at radius 2 is 1.76 bits per heavy atom.